The molecule has 1 aromatic rings. The fourth-order valence-electron chi connectivity index (χ4n) is 1.13. The van der Waals surface area contributed by atoms with E-state index in [-0.39, 0.29) is 0 Å². The highest BCUT2D eigenvalue weighted by atomic mass is 15.3. The minimum atomic E-state index is 0.480. The molecule has 5 nitrogen and oxygen atoms in total. The second kappa shape index (κ2) is 5.66. The molecule has 0 aliphatic heterocycles. The van der Waals surface area contributed by atoms with E-state index in [0.717, 1.165) is 26.1 Å². The van der Waals surface area contributed by atoms with Gasteiger partial charge in [0.1, 0.15) is 12.7 Å². The molecule has 3 N–H and O–H groups in total. The molecular formula is C8H17N5. The van der Waals surface area contributed by atoms with Crippen LogP contribution in [0.1, 0.15) is 13.3 Å². The molecule has 0 fully saturated rings. The van der Waals surface area contributed by atoms with Gasteiger partial charge in [-0.15, -0.1) is 0 Å². The van der Waals surface area contributed by atoms with Crippen LogP contribution < -0.4 is 11.1 Å². The summed E-state index contributed by atoms with van der Waals surface area (Å²) in [5.41, 5.74) is 5.43. The van der Waals surface area contributed by atoms with Crippen molar-refractivity contribution in [2.45, 2.75) is 25.9 Å². The lowest BCUT2D eigenvalue weighted by Crippen LogP contribution is -2.31. The Morgan fingerprint density at radius 2 is 2.46 bits per heavy atom. The van der Waals surface area contributed by atoms with Gasteiger partial charge in [0.15, 0.2) is 0 Å². The monoisotopic (exact) mass is 183 g/mol. The van der Waals surface area contributed by atoms with Crippen molar-refractivity contribution in [1.82, 2.24) is 20.1 Å². The average molecular weight is 183 g/mol. The number of hydrogen-bond acceptors (Lipinski definition) is 4. The summed E-state index contributed by atoms with van der Waals surface area (Å²) < 4.78 is 1.81. The van der Waals surface area contributed by atoms with Gasteiger partial charge in [0, 0.05) is 12.6 Å². The van der Waals surface area contributed by atoms with Crippen LogP contribution in [-0.4, -0.2) is 33.9 Å². The van der Waals surface area contributed by atoms with Crippen molar-refractivity contribution in [3.8, 4) is 0 Å². The molecule has 0 saturated carbocycles. The molecule has 0 radical (unpaired) electrons. The van der Waals surface area contributed by atoms with Gasteiger partial charge in [0.05, 0.1) is 6.54 Å². The van der Waals surface area contributed by atoms with E-state index in [4.69, 9.17) is 5.73 Å². The third kappa shape index (κ3) is 4.00. The second-order valence-corrected chi connectivity index (χ2v) is 3.09. The highest BCUT2D eigenvalue weighted by molar-refractivity contribution is 4.62. The molecule has 0 saturated heterocycles. The summed E-state index contributed by atoms with van der Waals surface area (Å²) in [5, 5.41) is 7.35. The van der Waals surface area contributed by atoms with Gasteiger partial charge in [-0.05, 0) is 19.9 Å². The van der Waals surface area contributed by atoms with Crippen LogP contribution in [0.2, 0.25) is 0 Å². The summed E-state index contributed by atoms with van der Waals surface area (Å²) in [4.78, 5) is 3.86. The first kappa shape index (κ1) is 10.1. The Bertz CT molecular complexity index is 208. The van der Waals surface area contributed by atoms with Crippen LogP contribution in [0.15, 0.2) is 12.7 Å². The first-order valence-electron chi connectivity index (χ1n) is 4.59. The van der Waals surface area contributed by atoms with Crippen LogP contribution in [0.4, 0.5) is 0 Å². The normalized spacial score (nSPS) is 13.1. The van der Waals surface area contributed by atoms with Gasteiger partial charge in [-0.1, -0.05) is 0 Å². The van der Waals surface area contributed by atoms with E-state index in [0.29, 0.717) is 6.04 Å². The summed E-state index contributed by atoms with van der Waals surface area (Å²) in [6.07, 6.45) is 4.27. The van der Waals surface area contributed by atoms with Crippen molar-refractivity contribution in [3.63, 3.8) is 0 Å². The zero-order valence-electron chi connectivity index (χ0n) is 7.98. The Morgan fingerprint density at radius 1 is 1.62 bits per heavy atom. The van der Waals surface area contributed by atoms with Crippen molar-refractivity contribution in [2.24, 2.45) is 5.73 Å². The van der Waals surface area contributed by atoms with Crippen molar-refractivity contribution < 1.29 is 0 Å². The van der Waals surface area contributed by atoms with Crippen molar-refractivity contribution in [1.29, 1.82) is 0 Å². The van der Waals surface area contributed by atoms with E-state index in [1.807, 2.05) is 4.68 Å². The first-order chi connectivity index (χ1) is 6.33. The maximum absolute atomic E-state index is 5.43. The fourth-order valence-corrected chi connectivity index (χ4v) is 1.13. The van der Waals surface area contributed by atoms with E-state index in [2.05, 4.69) is 22.3 Å². The summed E-state index contributed by atoms with van der Waals surface area (Å²) in [7, 11) is 0. The second-order valence-electron chi connectivity index (χ2n) is 3.09. The summed E-state index contributed by atoms with van der Waals surface area (Å²) in [6, 6.07) is 0.480. The number of nitrogens with two attached hydrogens (primary N) is 1. The molecule has 0 spiro atoms. The molecule has 1 rings (SSSR count). The van der Waals surface area contributed by atoms with Crippen LogP contribution in [0.5, 0.6) is 0 Å². The molecule has 0 aliphatic carbocycles. The van der Waals surface area contributed by atoms with E-state index in [1.165, 1.54) is 0 Å². The number of nitrogens with zero attached hydrogens (tertiary/aromatic N) is 3. The maximum Gasteiger partial charge on any atom is 0.137 e. The van der Waals surface area contributed by atoms with Crippen LogP contribution >= 0.6 is 0 Å². The third-order valence-corrected chi connectivity index (χ3v) is 1.90. The fraction of sp³-hybridized carbons (Fsp3) is 0.750. The SMILES string of the molecule is CC(CCN)NCCn1cncn1. The zero-order valence-corrected chi connectivity index (χ0v) is 7.98. The molecule has 0 aromatic carbocycles. The average Bonchev–Trinajstić information content (AvgIpc) is 2.57. The summed E-state index contributed by atoms with van der Waals surface area (Å²) in [5.74, 6) is 0. The third-order valence-electron chi connectivity index (χ3n) is 1.90. The van der Waals surface area contributed by atoms with Crippen LogP contribution in [0, 0.1) is 0 Å². The quantitative estimate of drug-likeness (QED) is 0.630. The zero-order chi connectivity index (χ0) is 9.52. The lowest BCUT2D eigenvalue weighted by molar-refractivity contribution is 0.479. The molecule has 0 bridgehead atoms. The van der Waals surface area contributed by atoms with Gasteiger partial charge >= 0.3 is 0 Å². The number of nitrogens with one attached hydrogen (secondary N) is 1. The topological polar surface area (TPSA) is 68.8 Å². The van der Waals surface area contributed by atoms with Crippen LogP contribution in [-0.2, 0) is 6.54 Å². The lowest BCUT2D eigenvalue weighted by Gasteiger charge is -2.11. The number of rotatable bonds is 6. The smallest absolute Gasteiger partial charge is 0.137 e. The van der Waals surface area contributed by atoms with Gasteiger partial charge in [0.2, 0.25) is 0 Å². The minimum absolute atomic E-state index is 0.480. The highest BCUT2D eigenvalue weighted by Crippen LogP contribution is 1.87. The van der Waals surface area contributed by atoms with Gasteiger partial charge in [-0.3, -0.25) is 4.68 Å². The maximum atomic E-state index is 5.43. The molecule has 0 amide bonds. The largest absolute Gasteiger partial charge is 0.330 e. The van der Waals surface area contributed by atoms with Gasteiger partial charge < -0.3 is 11.1 Å². The lowest BCUT2D eigenvalue weighted by atomic mass is 10.2. The standard InChI is InChI=1S/C8H17N5/c1-8(2-3-9)11-4-5-13-7-10-6-12-13/h6-8,11H,2-5,9H2,1H3. The van der Waals surface area contributed by atoms with Gasteiger partial charge in [-0.25, -0.2) is 4.98 Å². The Balaban J connectivity index is 2.07. The number of aromatic nitrogens is 3. The molecular weight excluding hydrogens is 166 g/mol. The van der Waals surface area contributed by atoms with E-state index < -0.39 is 0 Å². The Morgan fingerprint density at radius 3 is 3.08 bits per heavy atom. The molecule has 1 aromatic heterocycles. The molecule has 1 heterocycles. The minimum Gasteiger partial charge on any atom is -0.330 e. The van der Waals surface area contributed by atoms with Crippen LogP contribution in [0.25, 0.3) is 0 Å². The van der Waals surface area contributed by atoms with Crippen molar-refractivity contribution in [2.75, 3.05) is 13.1 Å². The Kier molecular flexibility index (Phi) is 4.42. The van der Waals surface area contributed by atoms with Crippen molar-refractivity contribution >= 4 is 0 Å². The molecule has 1 atom stereocenters. The van der Waals surface area contributed by atoms with Gasteiger partial charge in [-0.2, -0.15) is 5.10 Å². The van der Waals surface area contributed by atoms with E-state index in [9.17, 15) is 0 Å². The summed E-state index contributed by atoms with van der Waals surface area (Å²) in [6.45, 7) is 4.63. The number of hydrogen-bond donors (Lipinski definition) is 2. The Hall–Kier alpha value is -0.940. The Labute approximate surface area is 78.3 Å². The predicted molar refractivity (Wildman–Crippen MR) is 51.2 cm³/mol. The molecule has 1 unspecified atom stereocenters. The van der Waals surface area contributed by atoms with Crippen molar-refractivity contribution in [3.05, 3.63) is 12.7 Å². The predicted octanol–water partition coefficient (Wildman–Crippen LogP) is -0.395. The molecule has 5 heteroatoms. The van der Waals surface area contributed by atoms with Crippen LogP contribution in [0.3, 0.4) is 0 Å². The molecule has 74 valence electrons. The van der Waals surface area contributed by atoms with Gasteiger partial charge in [0.25, 0.3) is 0 Å². The molecule has 13 heavy (non-hydrogen) atoms. The highest BCUT2D eigenvalue weighted by Gasteiger charge is 1.98. The summed E-state index contributed by atoms with van der Waals surface area (Å²) >= 11 is 0. The van der Waals surface area contributed by atoms with E-state index in [1.54, 1.807) is 12.7 Å². The molecule has 0 aliphatic rings. The van der Waals surface area contributed by atoms with E-state index >= 15 is 0 Å². The first-order valence-corrected chi connectivity index (χ1v) is 4.59.